The number of hydrogen-bond donors (Lipinski definition) is 0. The molecular weight excluding hydrogens is 338 g/mol. The average Bonchev–Trinajstić information content (AvgIpc) is 2.80. The van der Waals surface area contributed by atoms with Crippen LogP contribution < -0.4 is 0 Å². The summed E-state index contributed by atoms with van der Waals surface area (Å²) in [5, 5.41) is 0.548. The molecule has 122 valence electrons. The monoisotopic (exact) mass is 360 g/mol. The van der Waals surface area contributed by atoms with Gasteiger partial charge in [-0.3, -0.25) is 0 Å². The molecule has 0 bridgehead atoms. The Labute approximate surface area is 142 Å². The molecule has 6 heteroatoms. The second-order valence-corrected chi connectivity index (χ2v) is 13.3. The van der Waals surface area contributed by atoms with Crippen LogP contribution in [0.5, 0.6) is 0 Å². The molecule has 0 atom stereocenters. The molecule has 0 amide bonds. The first kappa shape index (κ1) is 17.8. The summed E-state index contributed by atoms with van der Waals surface area (Å²) in [5.74, 6) is -0.639. The molecule has 0 unspecified atom stereocenters. The second-order valence-electron chi connectivity index (χ2n) is 6.80. The summed E-state index contributed by atoms with van der Waals surface area (Å²) in [5.41, 5.74) is 2.23. The van der Waals surface area contributed by atoms with Crippen LogP contribution in [-0.4, -0.2) is 17.5 Å². The van der Waals surface area contributed by atoms with Gasteiger partial charge in [-0.1, -0.05) is 64.7 Å². The Morgan fingerprint density at radius 2 is 1.55 bits per heavy atom. The van der Waals surface area contributed by atoms with Gasteiger partial charge in [-0.15, -0.1) is 0 Å². The van der Waals surface area contributed by atoms with E-state index in [2.05, 4.69) is 50.8 Å². The maximum Gasteiger partial charge on any atom is 0.179 e. The summed E-state index contributed by atoms with van der Waals surface area (Å²) in [7, 11) is -1.96. The first-order valence-electron chi connectivity index (χ1n) is 7.67. The molecule has 2 rings (SSSR count). The second kappa shape index (κ2) is 6.14. The van der Waals surface area contributed by atoms with Gasteiger partial charge in [0.15, 0.2) is 19.2 Å². The third-order valence-electron chi connectivity index (χ3n) is 4.87. The molecule has 0 saturated heterocycles. The van der Waals surface area contributed by atoms with Crippen LogP contribution in [-0.2, 0) is 0 Å². The molecule has 0 saturated carbocycles. The van der Waals surface area contributed by atoms with Crippen molar-refractivity contribution in [3.63, 3.8) is 0 Å². The van der Waals surface area contributed by atoms with Gasteiger partial charge in [0.05, 0.1) is 5.02 Å². The Kier molecular flexibility index (Phi) is 4.96. The molecule has 2 aromatic rings. The van der Waals surface area contributed by atoms with Gasteiger partial charge in [0.25, 0.3) is 0 Å². The minimum absolute atomic E-state index is 0.0629. The zero-order chi connectivity index (χ0) is 16.8. The van der Waals surface area contributed by atoms with Crippen molar-refractivity contribution in [2.75, 3.05) is 0 Å². The molecule has 0 N–H and O–H groups in total. The summed E-state index contributed by atoms with van der Waals surface area (Å²) >= 11 is 12.1. The number of pyridine rings is 1. The van der Waals surface area contributed by atoms with Gasteiger partial charge >= 0.3 is 0 Å². The maximum absolute atomic E-state index is 13.9. The van der Waals surface area contributed by atoms with E-state index in [1.54, 1.807) is 0 Å². The lowest BCUT2D eigenvalue weighted by Gasteiger charge is -2.44. The Morgan fingerprint density at radius 3 is 2.00 bits per heavy atom. The van der Waals surface area contributed by atoms with Crippen molar-refractivity contribution < 1.29 is 4.39 Å². The lowest BCUT2D eigenvalue weighted by atomic mass is 10.3. The van der Waals surface area contributed by atoms with Crippen LogP contribution >= 0.6 is 23.2 Å². The van der Waals surface area contributed by atoms with Crippen LogP contribution in [0.1, 0.15) is 41.5 Å². The number of hydrogen-bond acceptors (Lipinski definition) is 1. The minimum atomic E-state index is -1.96. The van der Waals surface area contributed by atoms with Crippen molar-refractivity contribution >= 4 is 42.5 Å². The predicted molar refractivity (Wildman–Crippen MR) is 96.2 cm³/mol. The molecule has 0 aliphatic carbocycles. The molecule has 0 aliphatic rings. The topological polar surface area (TPSA) is 17.8 Å². The quantitative estimate of drug-likeness (QED) is 0.449. The predicted octanol–water partition coefficient (Wildman–Crippen LogP) is 6.51. The lowest BCUT2D eigenvalue weighted by molar-refractivity contribution is 0.625. The van der Waals surface area contributed by atoms with Crippen LogP contribution in [0.15, 0.2) is 12.3 Å². The van der Waals surface area contributed by atoms with E-state index in [9.17, 15) is 4.39 Å². The summed E-state index contributed by atoms with van der Waals surface area (Å²) in [6, 6.07) is 1.86. The summed E-state index contributed by atoms with van der Waals surface area (Å²) in [4.78, 5) is 4.31. The number of rotatable bonds is 4. The lowest BCUT2D eigenvalue weighted by Crippen LogP contribution is -2.51. The van der Waals surface area contributed by atoms with Gasteiger partial charge in [-0.05, 0) is 28.9 Å². The van der Waals surface area contributed by atoms with E-state index in [1.807, 2.05) is 12.3 Å². The largest absolute Gasteiger partial charge is 0.358 e. The molecular formula is C16H23Cl2FN2Si. The SMILES string of the molecule is CC(C)[Si](C(C)C)(C(C)C)n1ccc2c(Cl)c(F)c(Cl)nc21. The summed E-state index contributed by atoms with van der Waals surface area (Å²) < 4.78 is 16.2. The maximum atomic E-state index is 13.9. The van der Waals surface area contributed by atoms with Gasteiger partial charge in [0.1, 0.15) is 5.65 Å². The minimum Gasteiger partial charge on any atom is -0.358 e. The highest BCUT2D eigenvalue weighted by atomic mass is 35.5. The van der Waals surface area contributed by atoms with Crippen molar-refractivity contribution in [2.24, 2.45) is 0 Å². The standard InChI is InChI=1S/C16H23Cl2FN2Si/c1-9(2)22(10(3)4,11(5)6)21-8-7-12-13(17)14(19)15(18)20-16(12)21/h7-11H,1-6H3. The van der Waals surface area contributed by atoms with E-state index in [-0.39, 0.29) is 10.2 Å². The van der Waals surface area contributed by atoms with Crippen molar-refractivity contribution in [3.8, 4) is 0 Å². The zero-order valence-corrected chi connectivity index (χ0v) is 16.4. The van der Waals surface area contributed by atoms with Crippen LogP contribution in [0.2, 0.25) is 26.8 Å². The van der Waals surface area contributed by atoms with Crippen molar-refractivity contribution in [2.45, 2.75) is 58.2 Å². The van der Waals surface area contributed by atoms with E-state index < -0.39 is 14.1 Å². The van der Waals surface area contributed by atoms with E-state index in [4.69, 9.17) is 23.2 Å². The summed E-state index contributed by atoms with van der Waals surface area (Å²) in [6.45, 7) is 13.6. The molecule has 0 spiro atoms. The Morgan fingerprint density at radius 1 is 1.05 bits per heavy atom. The number of nitrogens with zero attached hydrogens (tertiary/aromatic N) is 2. The van der Waals surface area contributed by atoms with Gasteiger partial charge in [0.2, 0.25) is 0 Å². The molecule has 0 radical (unpaired) electrons. The van der Waals surface area contributed by atoms with Gasteiger partial charge < -0.3 is 4.23 Å². The fourth-order valence-electron chi connectivity index (χ4n) is 4.21. The molecule has 22 heavy (non-hydrogen) atoms. The highest BCUT2D eigenvalue weighted by Crippen LogP contribution is 2.44. The smallest absolute Gasteiger partial charge is 0.179 e. The van der Waals surface area contributed by atoms with Gasteiger partial charge in [0, 0.05) is 5.39 Å². The van der Waals surface area contributed by atoms with Crippen molar-refractivity contribution in [3.05, 3.63) is 28.3 Å². The highest BCUT2D eigenvalue weighted by molar-refractivity contribution is 6.82. The van der Waals surface area contributed by atoms with E-state index >= 15 is 0 Å². The first-order chi connectivity index (χ1) is 10.2. The number of fused-ring (bicyclic) bond motifs is 1. The average molecular weight is 361 g/mol. The van der Waals surface area contributed by atoms with E-state index in [1.165, 1.54) is 0 Å². The van der Waals surface area contributed by atoms with Gasteiger partial charge in [-0.25, -0.2) is 9.37 Å². The molecule has 2 aromatic heterocycles. The number of aromatic nitrogens is 2. The van der Waals surface area contributed by atoms with Crippen LogP contribution in [0.4, 0.5) is 4.39 Å². The summed E-state index contributed by atoms with van der Waals surface area (Å²) in [6.07, 6.45) is 2.02. The van der Waals surface area contributed by atoms with Crippen LogP contribution in [0, 0.1) is 5.82 Å². The molecule has 2 heterocycles. The third kappa shape index (κ3) is 2.40. The normalized spacial score (nSPS) is 13.1. The zero-order valence-electron chi connectivity index (χ0n) is 13.9. The van der Waals surface area contributed by atoms with E-state index in [0.717, 1.165) is 0 Å². The first-order valence-corrected chi connectivity index (χ1v) is 10.6. The van der Waals surface area contributed by atoms with Crippen LogP contribution in [0.25, 0.3) is 11.0 Å². The Balaban J connectivity index is 2.87. The Hall–Kier alpha value is -0.583. The van der Waals surface area contributed by atoms with E-state index in [0.29, 0.717) is 27.7 Å². The fourth-order valence-corrected chi connectivity index (χ4v) is 11.2. The molecule has 0 aliphatic heterocycles. The Bertz CT molecular complexity index is 673. The van der Waals surface area contributed by atoms with Gasteiger partial charge in [-0.2, -0.15) is 0 Å². The fraction of sp³-hybridized carbons (Fsp3) is 0.562. The van der Waals surface area contributed by atoms with Crippen molar-refractivity contribution in [1.82, 2.24) is 9.22 Å². The molecule has 2 nitrogen and oxygen atoms in total. The number of halogens is 3. The molecule has 0 fully saturated rings. The van der Waals surface area contributed by atoms with Crippen LogP contribution in [0.3, 0.4) is 0 Å². The highest BCUT2D eigenvalue weighted by Gasteiger charge is 2.46. The molecule has 0 aromatic carbocycles. The van der Waals surface area contributed by atoms with Crippen molar-refractivity contribution in [1.29, 1.82) is 0 Å². The third-order valence-corrected chi connectivity index (χ3v) is 12.2.